The molecule has 0 aliphatic rings. The SMILES string of the molecule is CCCNC(C)(CO)CCN(C)C(C)C(C)C. The Labute approximate surface area is 108 Å². The van der Waals surface area contributed by atoms with Crippen molar-refractivity contribution >= 4 is 0 Å². The van der Waals surface area contributed by atoms with Crippen LogP contribution in [0.4, 0.5) is 0 Å². The smallest absolute Gasteiger partial charge is 0.0611 e. The van der Waals surface area contributed by atoms with E-state index in [9.17, 15) is 5.11 Å². The third-order valence-electron chi connectivity index (χ3n) is 3.83. The van der Waals surface area contributed by atoms with Gasteiger partial charge in [0.2, 0.25) is 0 Å². The molecule has 0 aromatic carbocycles. The van der Waals surface area contributed by atoms with Crippen LogP contribution < -0.4 is 5.32 Å². The van der Waals surface area contributed by atoms with Crippen LogP contribution >= 0.6 is 0 Å². The van der Waals surface area contributed by atoms with Crippen molar-refractivity contribution in [3.05, 3.63) is 0 Å². The number of nitrogens with zero attached hydrogens (tertiary/aromatic N) is 1. The number of aliphatic hydroxyl groups excluding tert-OH is 1. The van der Waals surface area contributed by atoms with Gasteiger partial charge in [-0.3, -0.25) is 0 Å². The fraction of sp³-hybridized carbons (Fsp3) is 1.00. The van der Waals surface area contributed by atoms with E-state index in [0.29, 0.717) is 12.0 Å². The molecule has 0 aromatic heterocycles. The molecule has 0 aromatic rings. The zero-order valence-corrected chi connectivity index (χ0v) is 12.6. The summed E-state index contributed by atoms with van der Waals surface area (Å²) in [5.74, 6) is 0.670. The highest BCUT2D eigenvalue weighted by molar-refractivity contribution is 4.83. The van der Waals surface area contributed by atoms with E-state index in [2.05, 4.69) is 51.9 Å². The van der Waals surface area contributed by atoms with Crippen molar-refractivity contribution in [1.82, 2.24) is 10.2 Å². The van der Waals surface area contributed by atoms with Gasteiger partial charge in [-0.25, -0.2) is 0 Å². The minimum Gasteiger partial charge on any atom is -0.394 e. The minimum absolute atomic E-state index is 0.138. The highest BCUT2D eigenvalue weighted by Crippen LogP contribution is 2.13. The Morgan fingerprint density at radius 1 is 1.29 bits per heavy atom. The third kappa shape index (κ3) is 6.39. The van der Waals surface area contributed by atoms with Crippen LogP contribution in [0.5, 0.6) is 0 Å². The fourth-order valence-corrected chi connectivity index (χ4v) is 1.79. The normalized spacial score (nSPS) is 17.5. The largest absolute Gasteiger partial charge is 0.394 e. The maximum absolute atomic E-state index is 9.49. The highest BCUT2D eigenvalue weighted by Gasteiger charge is 2.23. The van der Waals surface area contributed by atoms with E-state index in [4.69, 9.17) is 0 Å². The van der Waals surface area contributed by atoms with E-state index < -0.39 is 0 Å². The molecule has 0 rings (SSSR count). The Morgan fingerprint density at radius 3 is 2.29 bits per heavy atom. The summed E-state index contributed by atoms with van der Waals surface area (Å²) >= 11 is 0. The molecule has 3 heteroatoms. The molecule has 104 valence electrons. The first kappa shape index (κ1) is 16.9. The van der Waals surface area contributed by atoms with Crippen LogP contribution in [-0.4, -0.2) is 48.3 Å². The maximum Gasteiger partial charge on any atom is 0.0611 e. The lowest BCUT2D eigenvalue weighted by atomic mass is 9.97. The van der Waals surface area contributed by atoms with Crippen LogP contribution in [0.2, 0.25) is 0 Å². The first-order valence-corrected chi connectivity index (χ1v) is 6.92. The molecule has 0 aliphatic heterocycles. The Balaban J connectivity index is 4.13. The third-order valence-corrected chi connectivity index (χ3v) is 3.83. The molecule has 0 saturated carbocycles. The van der Waals surface area contributed by atoms with Crippen LogP contribution in [0.1, 0.15) is 47.5 Å². The Hall–Kier alpha value is -0.120. The van der Waals surface area contributed by atoms with Gasteiger partial charge in [-0.1, -0.05) is 20.8 Å². The van der Waals surface area contributed by atoms with Crippen LogP contribution in [-0.2, 0) is 0 Å². The lowest BCUT2D eigenvalue weighted by Gasteiger charge is -2.34. The van der Waals surface area contributed by atoms with Gasteiger partial charge in [0.15, 0.2) is 0 Å². The topological polar surface area (TPSA) is 35.5 Å². The van der Waals surface area contributed by atoms with Gasteiger partial charge in [-0.2, -0.15) is 0 Å². The monoisotopic (exact) mass is 244 g/mol. The van der Waals surface area contributed by atoms with Crippen molar-refractivity contribution in [2.75, 3.05) is 26.7 Å². The van der Waals surface area contributed by atoms with Gasteiger partial charge >= 0.3 is 0 Å². The van der Waals surface area contributed by atoms with Crippen LogP contribution in [0.25, 0.3) is 0 Å². The van der Waals surface area contributed by atoms with Gasteiger partial charge in [-0.15, -0.1) is 0 Å². The first-order chi connectivity index (χ1) is 7.86. The molecule has 2 N–H and O–H groups in total. The standard InChI is InChI=1S/C14H32N2O/c1-7-9-15-14(5,11-17)8-10-16(6)13(4)12(2)3/h12-13,15,17H,7-11H2,1-6H3. The summed E-state index contributed by atoms with van der Waals surface area (Å²) in [7, 11) is 2.17. The van der Waals surface area contributed by atoms with Crippen molar-refractivity contribution in [3.63, 3.8) is 0 Å². The van der Waals surface area contributed by atoms with Crippen molar-refractivity contribution < 1.29 is 5.11 Å². The molecule has 0 fully saturated rings. The van der Waals surface area contributed by atoms with Gasteiger partial charge in [0.1, 0.15) is 0 Å². The van der Waals surface area contributed by atoms with E-state index >= 15 is 0 Å². The van der Waals surface area contributed by atoms with Crippen molar-refractivity contribution in [3.8, 4) is 0 Å². The Kier molecular flexibility index (Phi) is 8.01. The second-order valence-electron chi connectivity index (χ2n) is 5.86. The second-order valence-corrected chi connectivity index (χ2v) is 5.86. The lowest BCUT2D eigenvalue weighted by molar-refractivity contribution is 0.133. The van der Waals surface area contributed by atoms with Gasteiger partial charge in [0.05, 0.1) is 6.61 Å². The van der Waals surface area contributed by atoms with Crippen molar-refractivity contribution in [2.45, 2.75) is 59.0 Å². The molecule has 3 nitrogen and oxygen atoms in total. The summed E-state index contributed by atoms with van der Waals surface area (Å²) in [6.45, 7) is 13.2. The predicted molar refractivity (Wildman–Crippen MR) is 75.3 cm³/mol. The van der Waals surface area contributed by atoms with E-state index in [-0.39, 0.29) is 12.1 Å². The molecule has 0 bridgehead atoms. The molecule has 2 atom stereocenters. The molecule has 0 radical (unpaired) electrons. The quantitative estimate of drug-likeness (QED) is 0.652. The van der Waals surface area contributed by atoms with Crippen molar-refractivity contribution in [2.24, 2.45) is 5.92 Å². The van der Waals surface area contributed by atoms with E-state index in [1.807, 2.05) is 0 Å². The molecule has 0 amide bonds. The van der Waals surface area contributed by atoms with E-state index in [0.717, 1.165) is 25.9 Å². The fourth-order valence-electron chi connectivity index (χ4n) is 1.79. The van der Waals surface area contributed by atoms with E-state index in [1.165, 1.54) is 0 Å². The molecule has 2 unspecified atom stereocenters. The summed E-state index contributed by atoms with van der Waals surface area (Å²) in [5.41, 5.74) is -0.138. The summed E-state index contributed by atoms with van der Waals surface area (Å²) in [4.78, 5) is 2.38. The summed E-state index contributed by atoms with van der Waals surface area (Å²) in [6, 6.07) is 0.587. The average Bonchev–Trinajstić information content (AvgIpc) is 2.32. The summed E-state index contributed by atoms with van der Waals surface area (Å²) < 4.78 is 0. The Bertz CT molecular complexity index is 197. The molecule has 0 aliphatic carbocycles. The van der Waals surface area contributed by atoms with Gasteiger partial charge < -0.3 is 15.3 Å². The molecule has 0 saturated heterocycles. The zero-order valence-electron chi connectivity index (χ0n) is 12.6. The average molecular weight is 244 g/mol. The molecule has 0 spiro atoms. The number of hydrogen-bond acceptors (Lipinski definition) is 3. The Morgan fingerprint density at radius 2 is 1.88 bits per heavy atom. The minimum atomic E-state index is -0.138. The molecular formula is C14H32N2O. The number of aliphatic hydroxyl groups is 1. The van der Waals surface area contributed by atoms with Crippen LogP contribution in [0, 0.1) is 5.92 Å². The van der Waals surface area contributed by atoms with Crippen molar-refractivity contribution in [1.29, 1.82) is 0 Å². The van der Waals surface area contributed by atoms with Crippen LogP contribution in [0.15, 0.2) is 0 Å². The first-order valence-electron chi connectivity index (χ1n) is 6.92. The molecule has 0 heterocycles. The molecule has 17 heavy (non-hydrogen) atoms. The van der Waals surface area contributed by atoms with E-state index in [1.54, 1.807) is 0 Å². The van der Waals surface area contributed by atoms with Crippen LogP contribution in [0.3, 0.4) is 0 Å². The number of rotatable bonds is 9. The lowest BCUT2D eigenvalue weighted by Crippen LogP contribution is -2.49. The second kappa shape index (κ2) is 8.06. The maximum atomic E-state index is 9.49. The zero-order chi connectivity index (χ0) is 13.5. The summed E-state index contributed by atoms with van der Waals surface area (Å²) in [6.07, 6.45) is 2.09. The van der Waals surface area contributed by atoms with Gasteiger partial charge in [0, 0.05) is 11.6 Å². The number of hydrogen-bond donors (Lipinski definition) is 2. The van der Waals surface area contributed by atoms with Gasteiger partial charge in [0.25, 0.3) is 0 Å². The molecular weight excluding hydrogens is 212 g/mol. The van der Waals surface area contributed by atoms with Gasteiger partial charge in [-0.05, 0) is 52.7 Å². The predicted octanol–water partition coefficient (Wildman–Crippen LogP) is 2.10. The summed E-state index contributed by atoms with van der Waals surface area (Å²) in [5, 5.41) is 12.9. The number of nitrogens with one attached hydrogen (secondary N) is 1. The highest BCUT2D eigenvalue weighted by atomic mass is 16.3.